The minimum Gasteiger partial charge on any atom is -0.507 e. The molecule has 0 aromatic heterocycles. The van der Waals surface area contributed by atoms with Crippen LogP contribution in [0.15, 0.2) is 41.5 Å². The predicted molar refractivity (Wildman–Crippen MR) is 98.0 cm³/mol. The third kappa shape index (κ3) is 4.95. The van der Waals surface area contributed by atoms with Crippen LogP contribution in [0, 0.1) is 17.4 Å². The smallest absolute Gasteiger partial charge is 0.277 e. The van der Waals surface area contributed by atoms with Gasteiger partial charge in [-0.25, -0.2) is 5.43 Å². The highest BCUT2D eigenvalue weighted by atomic mass is 127. The molecule has 0 spiro atoms. The lowest BCUT2D eigenvalue weighted by Crippen LogP contribution is -2.24. The zero-order chi connectivity index (χ0) is 16.8. The molecule has 2 rings (SSSR count). The van der Waals surface area contributed by atoms with E-state index in [4.69, 9.17) is 4.74 Å². The molecule has 0 saturated heterocycles. The maximum atomic E-state index is 11.7. The minimum atomic E-state index is -0.337. The van der Waals surface area contributed by atoms with Crippen molar-refractivity contribution in [1.29, 1.82) is 0 Å². The van der Waals surface area contributed by atoms with Gasteiger partial charge in [0.25, 0.3) is 5.91 Å². The first-order valence-electron chi connectivity index (χ1n) is 6.97. The molecule has 23 heavy (non-hydrogen) atoms. The lowest BCUT2D eigenvalue weighted by Gasteiger charge is -2.09. The molecule has 2 aromatic rings. The van der Waals surface area contributed by atoms with Crippen molar-refractivity contribution in [3.63, 3.8) is 0 Å². The van der Waals surface area contributed by atoms with Crippen LogP contribution in [-0.2, 0) is 4.79 Å². The fraction of sp³-hybridized carbons (Fsp3) is 0.176. The van der Waals surface area contributed by atoms with Crippen molar-refractivity contribution in [1.82, 2.24) is 5.43 Å². The van der Waals surface area contributed by atoms with Gasteiger partial charge >= 0.3 is 0 Å². The van der Waals surface area contributed by atoms with Crippen molar-refractivity contribution in [2.75, 3.05) is 6.61 Å². The molecule has 0 radical (unpaired) electrons. The van der Waals surface area contributed by atoms with Crippen LogP contribution in [0.4, 0.5) is 0 Å². The molecule has 0 aliphatic carbocycles. The molecule has 120 valence electrons. The summed E-state index contributed by atoms with van der Waals surface area (Å²) in [5, 5.41) is 13.3. The van der Waals surface area contributed by atoms with E-state index in [1.807, 2.05) is 54.6 Å². The van der Waals surface area contributed by atoms with Crippen molar-refractivity contribution < 1.29 is 14.6 Å². The number of benzene rings is 2. The Morgan fingerprint density at radius 1 is 1.35 bits per heavy atom. The molecule has 6 heteroatoms. The molecule has 0 unspecified atom stereocenters. The van der Waals surface area contributed by atoms with E-state index in [2.05, 4.69) is 10.5 Å². The van der Waals surface area contributed by atoms with E-state index < -0.39 is 0 Å². The van der Waals surface area contributed by atoms with E-state index in [9.17, 15) is 9.90 Å². The minimum absolute atomic E-state index is 0.102. The standard InChI is InChI=1S/C17H17IN2O3/c1-11-4-3-5-16(12(11)2)23-10-17(22)20-19-9-13-6-7-15(21)14(18)8-13/h3-9,21H,10H2,1-2H3,(H,20,22)/b19-9-. The maximum Gasteiger partial charge on any atom is 0.277 e. The molecule has 1 amide bonds. The Bertz CT molecular complexity index is 745. The first-order valence-corrected chi connectivity index (χ1v) is 8.04. The monoisotopic (exact) mass is 424 g/mol. The van der Waals surface area contributed by atoms with E-state index in [1.165, 1.54) is 6.21 Å². The van der Waals surface area contributed by atoms with Gasteiger partial charge in [0.05, 0.1) is 9.78 Å². The molecule has 0 atom stereocenters. The second kappa shape index (κ2) is 7.96. The summed E-state index contributed by atoms with van der Waals surface area (Å²) < 4.78 is 6.22. The van der Waals surface area contributed by atoms with Gasteiger partial charge in [-0.15, -0.1) is 0 Å². The van der Waals surface area contributed by atoms with Crippen molar-refractivity contribution in [2.24, 2.45) is 5.10 Å². The number of phenols is 1. The van der Waals surface area contributed by atoms with E-state index in [0.717, 1.165) is 20.3 Å². The van der Waals surface area contributed by atoms with Gasteiger partial charge < -0.3 is 9.84 Å². The number of aromatic hydroxyl groups is 1. The van der Waals surface area contributed by atoms with Crippen molar-refractivity contribution in [3.05, 3.63) is 56.7 Å². The molecular formula is C17H17IN2O3. The summed E-state index contributed by atoms with van der Waals surface area (Å²) in [4.78, 5) is 11.7. The van der Waals surface area contributed by atoms with Gasteiger partial charge in [0, 0.05) is 0 Å². The number of hydrogen-bond donors (Lipinski definition) is 2. The number of hydrogen-bond acceptors (Lipinski definition) is 4. The number of rotatable bonds is 5. The van der Waals surface area contributed by atoms with Crippen LogP contribution in [-0.4, -0.2) is 23.8 Å². The van der Waals surface area contributed by atoms with Crippen LogP contribution in [0.1, 0.15) is 16.7 Å². The van der Waals surface area contributed by atoms with Crippen molar-refractivity contribution in [3.8, 4) is 11.5 Å². The average molecular weight is 424 g/mol. The number of carbonyl (C=O) groups excluding carboxylic acids is 1. The highest BCUT2D eigenvalue weighted by molar-refractivity contribution is 14.1. The van der Waals surface area contributed by atoms with Crippen LogP contribution in [0.25, 0.3) is 0 Å². The van der Waals surface area contributed by atoms with Crippen LogP contribution in [0.5, 0.6) is 11.5 Å². The molecule has 5 nitrogen and oxygen atoms in total. The summed E-state index contributed by atoms with van der Waals surface area (Å²) in [5.41, 5.74) is 5.32. The Labute approximate surface area is 148 Å². The summed E-state index contributed by atoms with van der Waals surface area (Å²) >= 11 is 2.02. The molecule has 2 N–H and O–H groups in total. The lowest BCUT2D eigenvalue weighted by atomic mass is 10.1. The third-order valence-electron chi connectivity index (χ3n) is 3.29. The summed E-state index contributed by atoms with van der Waals surface area (Å²) in [7, 11) is 0. The molecule has 0 aliphatic heterocycles. The highest BCUT2D eigenvalue weighted by Crippen LogP contribution is 2.20. The molecule has 0 fully saturated rings. The Balaban J connectivity index is 1.86. The van der Waals surface area contributed by atoms with E-state index in [-0.39, 0.29) is 18.3 Å². The van der Waals surface area contributed by atoms with Gasteiger partial charge in [0.15, 0.2) is 6.61 Å². The van der Waals surface area contributed by atoms with Gasteiger partial charge in [-0.05, 0) is 77.4 Å². The van der Waals surface area contributed by atoms with E-state index in [0.29, 0.717) is 5.75 Å². The largest absolute Gasteiger partial charge is 0.507 e. The molecule has 0 aliphatic rings. The fourth-order valence-electron chi connectivity index (χ4n) is 1.84. The third-order valence-corrected chi connectivity index (χ3v) is 4.15. The molecule has 2 aromatic carbocycles. The summed E-state index contributed by atoms with van der Waals surface area (Å²) in [6.45, 7) is 3.84. The lowest BCUT2D eigenvalue weighted by molar-refractivity contribution is -0.123. The highest BCUT2D eigenvalue weighted by Gasteiger charge is 2.05. The van der Waals surface area contributed by atoms with Crippen LogP contribution in [0.2, 0.25) is 0 Å². The predicted octanol–water partition coefficient (Wildman–Crippen LogP) is 3.14. The Kier molecular flexibility index (Phi) is 5.97. The number of nitrogens with zero attached hydrogens (tertiary/aromatic N) is 1. The summed E-state index contributed by atoms with van der Waals surface area (Å²) in [6.07, 6.45) is 1.51. The normalized spacial score (nSPS) is 10.7. The first-order chi connectivity index (χ1) is 11.0. The Morgan fingerprint density at radius 2 is 2.13 bits per heavy atom. The quantitative estimate of drug-likeness (QED) is 0.440. The van der Waals surface area contributed by atoms with Crippen LogP contribution in [0.3, 0.4) is 0 Å². The van der Waals surface area contributed by atoms with Crippen LogP contribution >= 0.6 is 22.6 Å². The second-order valence-electron chi connectivity index (χ2n) is 4.99. The van der Waals surface area contributed by atoms with Crippen LogP contribution < -0.4 is 10.2 Å². The zero-order valence-corrected chi connectivity index (χ0v) is 15.0. The SMILES string of the molecule is Cc1cccc(OCC(=O)N/N=C\c2ccc(O)c(I)c2)c1C. The number of nitrogens with one attached hydrogen (secondary N) is 1. The number of ether oxygens (including phenoxy) is 1. The van der Waals surface area contributed by atoms with E-state index >= 15 is 0 Å². The average Bonchev–Trinajstić information content (AvgIpc) is 2.52. The molecular weight excluding hydrogens is 407 g/mol. The topological polar surface area (TPSA) is 70.9 Å². The van der Waals surface area contributed by atoms with Gasteiger partial charge in [-0.3, -0.25) is 4.79 Å². The zero-order valence-electron chi connectivity index (χ0n) is 12.8. The number of hydrazone groups is 1. The number of phenolic OH excluding ortho intramolecular Hbond substituents is 1. The maximum absolute atomic E-state index is 11.7. The number of carbonyl (C=O) groups is 1. The van der Waals surface area contributed by atoms with Crippen molar-refractivity contribution in [2.45, 2.75) is 13.8 Å². The Hall–Kier alpha value is -2.09. The van der Waals surface area contributed by atoms with Gasteiger partial charge in [-0.1, -0.05) is 12.1 Å². The fourth-order valence-corrected chi connectivity index (χ4v) is 2.38. The Morgan fingerprint density at radius 3 is 2.87 bits per heavy atom. The number of amides is 1. The van der Waals surface area contributed by atoms with Gasteiger partial charge in [0.2, 0.25) is 0 Å². The first kappa shape index (κ1) is 17.3. The van der Waals surface area contributed by atoms with Gasteiger partial charge in [0.1, 0.15) is 11.5 Å². The molecule has 0 heterocycles. The molecule has 0 bridgehead atoms. The van der Waals surface area contributed by atoms with Crippen molar-refractivity contribution >= 4 is 34.7 Å². The molecule has 0 saturated carbocycles. The summed E-state index contributed by atoms with van der Waals surface area (Å²) in [6, 6.07) is 10.8. The van der Waals surface area contributed by atoms with Gasteiger partial charge in [-0.2, -0.15) is 5.10 Å². The summed E-state index contributed by atoms with van der Waals surface area (Å²) in [5.74, 6) is 0.571. The second-order valence-corrected chi connectivity index (χ2v) is 6.15. The number of halogens is 1. The number of aryl methyl sites for hydroxylation is 1. The van der Waals surface area contributed by atoms with E-state index in [1.54, 1.807) is 18.2 Å².